The summed E-state index contributed by atoms with van der Waals surface area (Å²) < 4.78 is 34.9. The predicted octanol–water partition coefficient (Wildman–Crippen LogP) is 5.41. The zero-order valence-corrected chi connectivity index (χ0v) is 23.0. The van der Waals surface area contributed by atoms with Gasteiger partial charge in [-0.15, -0.1) is 5.10 Å². The Hall–Kier alpha value is -2.88. The molecular formula is C26H39N5O4S. The highest BCUT2D eigenvalue weighted by atomic mass is 32.2. The largest absolute Gasteiger partial charge is 0.493 e. The van der Waals surface area contributed by atoms with Gasteiger partial charge in [-0.3, -0.25) is 9.52 Å². The monoisotopic (exact) mass is 517 g/mol. The lowest BCUT2D eigenvalue weighted by Crippen LogP contribution is -2.22. The lowest BCUT2D eigenvalue weighted by atomic mass is 9.97. The zero-order valence-electron chi connectivity index (χ0n) is 22.2. The van der Waals surface area contributed by atoms with E-state index in [0.717, 1.165) is 25.1 Å². The van der Waals surface area contributed by atoms with Crippen LogP contribution in [0.2, 0.25) is 0 Å². The highest BCUT2D eigenvalue weighted by molar-refractivity contribution is 7.93. The van der Waals surface area contributed by atoms with Crippen molar-refractivity contribution in [3.8, 4) is 17.1 Å². The molecule has 2 N–H and O–H groups in total. The molecule has 0 aliphatic carbocycles. The molecule has 0 spiro atoms. The van der Waals surface area contributed by atoms with Crippen LogP contribution in [-0.2, 0) is 10.0 Å². The number of nitrogens with zero attached hydrogens (tertiary/aromatic N) is 3. The van der Waals surface area contributed by atoms with Gasteiger partial charge in [-0.2, -0.15) is 0 Å². The Morgan fingerprint density at radius 1 is 1.14 bits per heavy atom. The third-order valence-electron chi connectivity index (χ3n) is 6.38. The van der Waals surface area contributed by atoms with Crippen LogP contribution < -0.4 is 15.0 Å². The summed E-state index contributed by atoms with van der Waals surface area (Å²) in [5.41, 5.74) is 1.63. The van der Waals surface area contributed by atoms with Gasteiger partial charge >= 0.3 is 0 Å². The molecule has 198 valence electrons. The number of hydrogen-bond donors (Lipinski definition) is 2. The average molecular weight is 518 g/mol. The number of nitrogens with one attached hydrogen (secondary N) is 2. The van der Waals surface area contributed by atoms with E-state index in [2.05, 4.69) is 23.6 Å². The Balaban J connectivity index is 2.12. The van der Waals surface area contributed by atoms with Crippen molar-refractivity contribution >= 4 is 21.2 Å². The Bertz CT molecular complexity index is 1340. The maximum Gasteiger partial charge on any atom is 0.277 e. The number of unbranched alkanes of at least 4 members (excludes halogenated alkanes) is 3. The number of H-pyrrole nitrogens is 1. The summed E-state index contributed by atoms with van der Waals surface area (Å²) in [7, 11) is -3.55. The van der Waals surface area contributed by atoms with Crippen molar-refractivity contribution in [1.29, 1.82) is 0 Å². The van der Waals surface area contributed by atoms with Crippen LogP contribution in [0.5, 0.6) is 5.75 Å². The van der Waals surface area contributed by atoms with E-state index < -0.39 is 15.3 Å². The number of aromatic amines is 1. The van der Waals surface area contributed by atoms with Gasteiger partial charge < -0.3 is 9.72 Å². The van der Waals surface area contributed by atoms with Crippen LogP contribution in [0.4, 0.5) is 5.69 Å². The van der Waals surface area contributed by atoms with Crippen molar-refractivity contribution in [1.82, 2.24) is 19.6 Å². The fourth-order valence-electron chi connectivity index (χ4n) is 4.25. The SMILES string of the molecule is CCCCCCC(CC)c1nc(C)c2c(=O)[nH]c(-c3cc(NS(=O)(=O)C(C)C)ccc3OCC)nn12. The number of benzene rings is 1. The number of aryl methyl sites for hydroxylation is 1. The molecule has 0 bridgehead atoms. The molecule has 0 saturated carbocycles. The summed E-state index contributed by atoms with van der Waals surface area (Å²) in [5, 5.41) is 4.20. The van der Waals surface area contributed by atoms with Crippen molar-refractivity contribution in [2.75, 3.05) is 11.3 Å². The second-order valence-electron chi connectivity index (χ2n) is 9.41. The van der Waals surface area contributed by atoms with Gasteiger partial charge in [-0.25, -0.2) is 17.9 Å². The maximum atomic E-state index is 13.2. The minimum atomic E-state index is -3.55. The van der Waals surface area contributed by atoms with E-state index in [0.29, 0.717) is 40.6 Å². The summed E-state index contributed by atoms with van der Waals surface area (Å²) in [5.74, 6) is 1.75. The third-order valence-corrected chi connectivity index (χ3v) is 8.14. The highest BCUT2D eigenvalue weighted by Gasteiger charge is 2.23. The van der Waals surface area contributed by atoms with E-state index in [-0.39, 0.29) is 11.5 Å². The van der Waals surface area contributed by atoms with Gasteiger partial charge in [0.1, 0.15) is 11.6 Å². The molecule has 1 unspecified atom stereocenters. The van der Waals surface area contributed by atoms with Gasteiger partial charge in [0, 0.05) is 11.6 Å². The standard InChI is InChI=1S/C26H39N5O4S/c1-7-10-11-12-13-19(8-2)25-27-18(6)23-26(32)28-24(29-31(23)25)21-16-20(14-15-22(21)35-9-3)30-36(33,34)17(4)5/h14-17,19,30H,7-13H2,1-6H3,(H,28,29,32). The van der Waals surface area contributed by atoms with Crippen LogP contribution in [-0.4, -0.2) is 39.9 Å². The van der Waals surface area contributed by atoms with Crippen LogP contribution in [0, 0.1) is 6.92 Å². The summed E-state index contributed by atoms with van der Waals surface area (Å²) in [6.45, 7) is 11.6. The Labute approximate surface area is 213 Å². The number of fused-ring (bicyclic) bond motifs is 1. The summed E-state index contributed by atoms with van der Waals surface area (Å²) in [6.07, 6.45) is 6.53. The molecule has 10 heteroatoms. The number of ether oxygens (including phenoxy) is 1. The molecule has 0 saturated heterocycles. The van der Waals surface area contributed by atoms with E-state index in [1.807, 2.05) is 13.8 Å². The molecular weight excluding hydrogens is 478 g/mol. The maximum absolute atomic E-state index is 13.2. The molecule has 0 radical (unpaired) electrons. The number of hydrogen-bond acceptors (Lipinski definition) is 6. The first-order valence-electron chi connectivity index (χ1n) is 12.9. The minimum absolute atomic E-state index is 0.181. The van der Waals surface area contributed by atoms with Crippen molar-refractivity contribution in [2.24, 2.45) is 0 Å². The fraction of sp³-hybridized carbons (Fsp3) is 0.577. The molecule has 3 aromatic rings. The molecule has 0 aliphatic heterocycles. The number of anilines is 1. The Morgan fingerprint density at radius 3 is 2.53 bits per heavy atom. The molecule has 9 nitrogen and oxygen atoms in total. The van der Waals surface area contributed by atoms with Crippen LogP contribution >= 0.6 is 0 Å². The first-order valence-corrected chi connectivity index (χ1v) is 14.5. The van der Waals surface area contributed by atoms with Gasteiger partial charge in [0.05, 0.1) is 23.1 Å². The molecule has 2 heterocycles. The first kappa shape index (κ1) is 27.7. The highest BCUT2D eigenvalue weighted by Crippen LogP contribution is 2.32. The molecule has 2 aromatic heterocycles. The van der Waals surface area contributed by atoms with Crippen LogP contribution in [0.3, 0.4) is 0 Å². The van der Waals surface area contributed by atoms with Gasteiger partial charge in [-0.05, 0) is 58.7 Å². The number of aromatic nitrogens is 4. The van der Waals surface area contributed by atoms with Crippen molar-refractivity contribution in [3.05, 3.63) is 40.1 Å². The van der Waals surface area contributed by atoms with Gasteiger partial charge in [0.2, 0.25) is 10.0 Å². The average Bonchev–Trinajstić information content (AvgIpc) is 3.16. The lowest BCUT2D eigenvalue weighted by Gasteiger charge is -2.16. The second kappa shape index (κ2) is 11.9. The van der Waals surface area contributed by atoms with Crippen LogP contribution in [0.1, 0.15) is 90.6 Å². The summed E-state index contributed by atoms with van der Waals surface area (Å²) in [6, 6.07) is 4.96. The lowest BCUT2D eigenvalue weighted by molar-refractivity contribution is 0.341. The van der Waals surface area contributed by atoms with E-state index in [9.17, 15) is 13.2 Å². The molecule has 1 atom stereocenters. The van der Waals surface area contributed by atoms with E-state index >= 15 is 0 Å². The topological polar surface area (TPSA) is 118 Å². The predicted molar refractivity (Wildman–Crippen MR) is 144 cm³/mol. The van der Waals surface area contributed by atoms with Crippen LogP contribution in [0.15, 0.2) is 23.0 Å². The van der Waals surface area contributed by atoms with Gasteiger partial charge in [-0.1, -0.05) is 39.5 Å². The molecule has 0 fully saturated rings. The molecule has 1 aromatic carbocycles. The third kappa shape index (κ3) is 6.08. The van der Waals surface area contributed by atoms with E-state index in [1.54, 1.807) is 36.6 Å². The zero-order chi connectivity index (χ0) is 26.5. The smallest absolute Gasteiger partial charge is 0.277 e. The summed E-state index contributed by atoms with van der Waals surface area (Å²) >= 11 is 0. The molecule has 0 aliphatic rings. The molecule has 0 amide bonds. The Kier molecular flexibility index (Phi) is 9.16. The second-order valence-corrected chi connectivity index (χ2v) is 11.6. The van der Waals surface area contributed by atoms with Crippen molar-refractivity contribution in [2.45, 2.75) is 91.2 Å². The number of sulfonamides is 1. The van der Waals surface area contributed by atoms with E-state index in [4.69, 9.17) is 14.8 Å². The minimum Gasteiger partial charge on any atom is -0.493 e. The Morgan fingerprint density at radius 2 is 1.89 bits per heavy atom. The van der Waals surface area contributed by atoms with E-state index in [1.165, 1.54) is 19.3 Å². The quantitative estimate of drug-likeness (QED) is 0.293. The van der Waals surface area contributed by atoms with Crippen molar-refractivity contribution < 1.29 is 13.2 Å². The first-order chi connectivity index (χ1) is 17.1. The fourth-order valence-corrected chi connectivity index (χ4v) is 4.95. The van der Waals surface area contributed by atoms with Crippen molar-refractivity contribution in [3.63, 3.8) is 0 Å². The molecule has 3 rings (SSSR count). The van der Waals surface area contributed by atoms with Crippen LogP contribution in [0.25, 0.3) is 16.9 Å². The normalized spacial score (nSPS) is 12.9. The van der Waals surface area contributed by atoms with Gasteiger partial charge in [0.25, 0.3) is 5.56 Å². The molecule has 36 heavy (non-hydrogen) atoms. The summed E-state index contributed by atoms with van der Waals surface area (Å²) in [4.78, 5) is 20.8. The number of imidazole rings is 1. The van der Waals surface area contributed by atoms with Gasteiger partial charge in [0.15, 0.2) is 11.3 Å². The number of rotatable bonds is 13.